The second-order valence-corrected chi connectivity index (χ2v) is 5.52. The highest BCUT2D eigenvalue weighted by atomic mass is 16.6. The zero-order valence-electron chi connectivity index (χ0n) is 13.0. The summed E-state index contributed by atoms with van der Waals surface area (Å²) in [6, 6.07) is 9.32. The molecular formula is C18H16N2O4. The highest BCUT2D eigenvalue weighted by Gasteiger charge is 2.20. The van der Waals surface area contributed by atoms with Gasteiger partial charge in [0, 0.05) is 12.8 Å². The van der Waals surface area contributed by atoms with Crippen LogP contribution in [0.5, 0.6) is 11.5 Å². The normalized spacial score (nSPS) is 17.8. The van der Waals surface area contributed by atoms with Crippen LogP contribution in [0.1, 0.15) is 17.7 Å². The molecule has 2 aromatic rings. The van der Waals surface area contributed by atoms with Crippen molar-refractivity contribution < 1.29 is 18.7 Å². The van der Waals surface area contributed by atoms with Gasteiger partial charge >= 0.3 is 0 Å². The van der Waals surface area contributed by atoms with Crippen LogP contribution in [-0.4, -0.2) is 25.0 Å². The van der Waals surface area contributed by atoms with Crippen LogP contribution in [-0.2, 0) is 11.2 Å². The molecule has 0 aliphatic carbocycles. The van der Waals surface area contributed by atoms with Crippen LogP contribution >= 0.6 is 0 Å². The minimum Gasteiger partial charge on any atom is -0.486 e. The van der Waals surface area contributed by atoms with Gasteiger partial charge in [-0.3, -0.25) is 4.79 Å². The van der Waals surface area contributed by atoms with Gasteiger partial charge in [-0.2, -0.15) is 0 Å². The maximum Gasteiger partial charge on any atom is 0.275 e. The van der Waals surface area contributed by atoms with Gasteiger partial charge in [-0.15, -0.1) is 0 Å². The van der Waals surface area contributed by atoms with Gasteiger partial charge in [0.05, 0.1) is 6.26 Å². The first-order chi connectivity index (χ1) is 11.8. The fourth-order valence-electron chi connectivity index (χ4n) is 2.64. The molecule has 0 fully saturated rings. The number of hydrogen-bond acceptors (Lipinski definition) is 5. The maximum atomic E-state index is 12.1. The van der Waals surface area contributed by atoms with Crippen LogP contribution < -0.4 is 14.8 Å². The molecular weight excluding hydrogens is 308 g/mol. The number of hydrogen-bond donors (Lipinski definition) is 1. The first-order valence-corrected chi connectivity index (χ1v) is 7.80. The van der Waals surface area contributed by atoms with Gasteiger partial charge in [0.15, 0.2) is 11.5 Å². The number of aliphatic imine (C=N–C) groups is 1. The van der Waals surface area contributed by atoms with Crippen molar-refractivity contribution in [2.45, 2.75) is 12.8 Å². The second kappa shape index (κ2) is 6.23. The number of amides is 1. The molecule has 1 N–H and O–H groups in total. The molecule has 0 saturated carbocycles. The second-order valence-electron chi connectivity index (χ2n) is 5.52. The SMILES string of the molecule is O=C1NC(CCc2ccco2)=N/C1=C/c1ccc2c(c1)OCCO2. The van der Waals surface area contributed by atoms with Crippen molar-refractivity contribution in [2.75, 3.05) is 13.2 Å². The lowest BCUT2D eigenvalue weighted by atomic mass is 10.1. The van der Waals surface area contributed by atoms with Gasteiger partial charge in [-0.1, -0.05) is 6.07 Å². The van der Waals surface area contributed by atoms with Crippen LogP contribution in [0, 0.1) is 0 Å². The molecule has 3 heterocycles. The fraction of sp³-hybridized carbons (Fsp3) is 0.222. The van der Waals surface area contributed by atoms with Crippen molar-refractivity contribution in [3.05, 3.63) is 53.6 Å². The van der Waals surface area contributed by atoms with E-state index in [4.69, 9.17) is 13.9 Å². The number of carbonyl (C=O) groups excluding carboxylic acids is 1. The average molecular weight is 324 g/mol. The van der Waals surface area contributed by atoms with Crippen LogP contribution in [0.4, 0.5) is 0 Å². The summed E-state index contributed by atoms with van der Waals surface area (Å²) in [7, 11) is 0. The molecule has 6 nitrogen and oxygen atoms in total. The summed E-state index contributed by atoms with van der Waals surface area (Å²) in [4.78, 5) is 16.4. The topological polar surface area (TPSA) is 73.1 Å². The largest absolute Gasteiger partial charge is 0.486 e. The van der Waals surface area contributed by atoms with E-state index in [9.17, 15) is 4.79 Å². The fourth-order valence-corrected chi connectivity index (χ4v) is 2.64. The molecule has 2 aliphatic rings. The molecule has 0 atom stereocenters. The van der Waals surface area contributed by atoms with Crippen molar-refractivity contribution in [3.63, 3.8) is 0 Å². The number of rotatable bonds is 4. The molecule has 0 bridgehead atoms. The van der Waals surface area contributed by atoms with Gasteiger partial charge in [0.1, 0.15) is 30.5 Å². The number of aryl methyl sites for hydroxylation is 1. The minimum atomic E-state index is -0.195. The molecule has 1 aromatic carbocycles. The van der Waals surface area contributed by atoms with Crippen LogP contribution in [0.2, 0.25) is 0 Å². The quantitative estimate of drug-likeness (QED) is 0.877. The molecule has 2 aliphatic heterocycles. The summed E-state index contributed by atoms with van der Waals surface area (Å²) in [5.74, 6) is 2.74. The van der Waals surface area contributed by atoms with Gasteiger partial charge in [0.25, 0.3) is 5.91 Å². The van der Waals surface area contributed by atoms with Crippen LogP contribution in [0.3, 0.4) is 0 Å². The number of benzene rings is 1. The molecule has 122 valence electrons. The zero-order chi connectivity index (χ0) is 16.4. The Morgan fingerprint density at radius 3 is 2.83 bits per heavy atom. The van der Waals surface area contributed by atoms with E-state index in [-0.39, 0.29) is 5.91 Å². The number of nitrogens with one attached hydrogen (secondary N) is 1. The monoisotopic (exact) mass is 324 g/mol. The molecule has 6 heteroatoms. The Kier molecular flexibility index (Phi) is 3.78. The predicted octanol–water partition coefficient (Wildman–Crippen LogP) is 2.55. The molecule has 1 aromatic heterocycles. The van der Waals surface area contributed by atoms with Gasteiger partial charge in [-0.25, -0.2) is 4.99 Å². The van der Waals surface area contributed by atoms with E-state index in [1.54, 1.807) is 12.3 Å². The number of amidine groups is 1. The van der Waals surface area contributed by atoms with Crippen molar-refractivity contribution in [2.24, 2.45) is 4.99 Å². The Bertz CT molecular complexity index is 822. The Labute approximate surface area is 138 Å². The van der Waals surface area contributed by atoms with E-state index >= 15 is 0 Å². The van der Waals surface area contributed by atoms with E-state index in [0.29, 0.717) is 43.3 Å². The number of furan rings is 1. The molecule has 0 saturated heterocycles. The summed E-state index contributed by atoms with van der Waals surface area (Å²) in [6.45, 7) is 1.09. The van der Waals surface area contributed by atoms with Crippen molar-refractivity contribution >= 4 is 17.8 Å². The van der Waals surface area contributed by atoms with E-state index in [1.165, 1.54) is 0 Å². The number of ether oxygens (including phenoxy) is 2. The highest BCUT2D eigenvalue weighted by molar-refractivity contribution is 6.14. The Hall–Kier alpha value is -3.02. The van der Waals surface area contributed by atoms with Crippen LogP contribution in [0.25, 0.3) is 6.08 Å². The lowest BCUT2D eigenvalue weighted by Crippen LogP contribution is -2.24. The van der Waals surface area contributed by atoms with Crippen molar-refractivity contribution in [1.29, 1.82) is 0 Å². The summed E-state index contributed by atoms with van der Waals surface area (Å²) >= 11 is 0. The smallest absolute Gasteiger partial charge is 0.275 e. The molecule has 4 rings (SSSR count). The third kappa shape index (κ3) is 3.03. The molecule has 0 radical (unpaired) electrons. The number of carbonyl (C=O) groups is 1. The highest BCUT2D eigenvalue weighted by Crippen LogP contribution is 2.31. The Morgan fingerprint density at radius 1 is 1.12 bits per heavy atom. The van der Waals surface area contributed by atoms with Gasteiger partial charge in [0.2, 0.25) is 0 Å². The average Bonchev–Trinajstić information content (AvgIpc) is 3.23. The lowest BCUT2D eigenvalue weighted by Gasteiger charge is -2.18. The van der Waals surface area contributed by atoms with E-state index in [2.05, 4.69) is 10.3 Å². The Balaban J connectivity index is 1.50. The third-order valence-electron chi connectivity index (χ3n) is 3.80. The molecule has 0 spiro atoms. The Morgan fingerprint density at radius 2 is 2.00 bits per heavy atom. The first kappa shape index (κ1) is 14.6. The lowest BCUT2D eigenvalue weighted by molar-refractivity contribution is -0.115. The molecule has 0 unspecified atom stereocenters. The predicted molar refractivity (Wildman–Crippen MR) is 88.0 cm³/mol. The van der Waals surface area contributed by atoms with Gasteiger partial charge < -0.3 is 19.2 Å². The third-order valence-corrected chi connectivity index (χ3v) is 3.80. The molecule has 24 heavy (non-hydrogen) atoms. The van der Waals surface area contributed by atoms with Crippen LogP contribution in [0.15, 0.2) is 51.7 Å². The summed E-state index contributed by atoms with van der Waals surface area (Å²) < 4.78 is 16.3. The summed E-state index contributed by atoms with van der Waals surface area (Å²) in [6.07, 6.45) is 4.70. The number of fused-ring (bicyclic) bond motifs is 1. The summed E-state index contributed by atoms with van der Waals surface area (Å²) in [5, 5.41) is 2.79. The zero-order valence-corrected chi connectivity index (χ0v) is 13.0. The van der Waals surface area contributed by atoms with Crippen molar-refractivity contribution in [3.8, 4) is 11.5 Å². The van der Waals surface area contributed by atoms with E-state index in [1.807, 2.05) is 30.3 Å². The summed E-state index contributed by atoms with van der Waals surface area (Å²) in [5.41, 5.74) is 1.24. The standard InChI is InChI=1S/C18H16N2O4/c21-18-14(19-17(20-18)6-4-13-2-1-7-22-13)10-12-3-5-15-16(11-12)24-9-8-23-15/h1-3,5,7,10-11H,4,6,8-9H2,(H,19,20,21)/b14-10+. The maximum absolute atomic E-state index is 12.1. The van der Waals surface area contributed by atoms with Gasteiger partial charge in [-0.05, 0) is 35.9 Å². The molecule has 1 amide bonds. The van der Waals surface area contributed by atoms with Crippen molar-refractivity contribution in [1.82, 2.24) is 5.32 Å². The van der Waals surface area contributed by atoms with E-state index in [0.717, 1.165) is 17.1 Å². The van der Waals surface area contributed by atoms with E-state index < -0.39 is 0 Å². The first-order valence-electron chi connectivity index (χ1n) is 7.80. The minimum absolute atomic E-state index is 0.195. The number of nitrogens with zero attached hydrogens (tertiary/aromatic N) is 1.